The number of nitrogens with zero attached hydrogens (tertiary/aromatic N) is 4. The first-order valence-corrected chi connectivity index (χ1v) is 9.74. The van der Waals surface area contributed by atoms with Crippen LogP contribution in [0, 0.1) is 0 Å². The van der Waals surface area contributed by atoms with Gasteiger partial charge >= 0.3 is 0 Å². The van der Waals surface area contributed by atoms with Crippen molar-refractivity contribution in [3.8, 4) is 11.1 Å². The lowest BCUT2D eigenvalue weighted by atomic mass is 9.74. The van der Waals surface area contributed by atoms with Gasteiger partial charge in [0.2, 0.25) is 11.9 Å². The first-order chi connectivity index (χ1) is 14.0. The van der Waals surface area contributed by atoms with E-state index in [0.717, 1.165) is 40.4 Å². The zero-order valence-electron chi connectivity index (χ0n) is 16.4. The Kier molecular flexibility index (Phi) is 3.97. The molecular weight excluding hydrogens is 364 g/mol. The number of amides is 1. The highest BCUT2D eigenvalue weighted by Gasteiger charge is 2.41. The van der Waals surface area contributed by atoms with E-state index in [9.17, 15) is 4.79 Å². The van der Waals surface area contributed by atoms with E-state index in [2.05, 4.69) is 56.9 Å². The molecule has 3 heterocycles. The Morgan fingerprint density at radius 2 is 2.07 bits per heavy atom. The Balaban J connectivity index is 1.37. The maximum absolute atomic E-state index is 11.3. The molecule has 1 fully saturated rings. The minimum Gasteiger partial charge on any atom is -0.351 e. The molecule has 0 spiro atoms. The molecule has 0 unspecified atom stereocenters. The molecule has 1 saturated carbocycles. The zero-order chi connectivity index (χ0) is 20.0. The predicted octanol–water partition coefficient (Wildman–Crippen LogP) is 3.41. The average Bonchev–Trinajstić information content (AvgIpc) is 3.09. The van der Waals surface area contributed by atoms with Crippen molar-refractivity contribution in [1.29, 1.82) is 0 Å². The Labute approximate surface area is 168 Å². The van der Waals surface area contributed by atoms with Gasteiger partial charge in [-0.1, -0.05) is 12.1 Å². The molecule has 7 nitrogen and oxygen atoms in total. The van der Waals surface area contributed by atoms with Gasteiger partial charge in [-0.15, -0.1) is 5.10 Å². The summed E-state index contributed by atoms with van der Waals surface area (Å²) in [6.07, 6.45) is 7.32. The highest BCUT2D eigenvalue weighted by atomic mass is 16.1. The quantitative estimate of drug-likeness (QED) is 0.561. The van der Waals surface area contributed by atoms with Crippen LogP contribution < -0.4 is 10.6 Å². The summed E-state index contributed by atoms with van der Waals surface area (Å²) in [6, 6.07) is 12.6. The molecule has 1 aromatic carbocycles. The second-order valence-corrected chi connectivity index (χ2v) is 8.04. The molecule has 5 rings (SSSR count). The van der Waals surface area contributed by atoms with Crippen molar-refractivity contribution in [3.05, 3.63) is 55.0 Å². The van der Waals surface area contributed by atoms with Gasteiger partial charge in [0.15, 0.2) is 0 Å². The number of fused-ring (bicyclic) bond motifs is 2. The predicted molar refractivity (Wildman–Crippen MR) is 113 cm³/mol. The van der Waals surface area contributed by atoms with Crippen molar-refractivity contribution in [2.24, 2.45) is 0 Å². The van der Waals surface area contributed by atoms with Gasteiger partial charge in [0.05, 0.1) is 17.2 Å². The number of hydrogen-bond donors (Lipinski definition) is 2. The number of nitrogens with one attached hydrogen (secondary N) is 2. The molecule has 0 radical (unpaired) electrons. The highest BCUT2D eigenvalue weighted by Crippen LogP contribution is 2.34. The van der Waals surface area contributed by atoms with Crippen molar-refractivity contribution >= 4 is 28.3 Å². The van der Waals surface area contributed by atoms with Crippen LogP contribution in [0.2, 0.25) is 0 Å². The van der Waals surface area contributed by atoms with Gasteiger partial charge in [-0.3, -0.25) is 9.78 Å². The van der Waals surface area contributed by atoms with Gasteiger partial charge < -0.3 is 10.6 Å². The molecule has 1 aliphatic carbocycles. The lowest BCUT2D eigenvalue weighted by Crippen LogP contribution is -2.59. The molecule has 3 aromatic heterocycles. The monoisotopic (exact) mass is 386 g/mol. The largest absolute Gasteiger partial charge is 0.351 e. The maximum atomic E-state index is 11.3. The first kappa shape index (κ1) is 17.6. The summed E-state index contributed by atoms with van der Waals surface area (Å²) in [5, 5.41) is 12.1. The fourth-order valence-corrected chi connectivity index (χ4v) is 4.29. The minimum absolute atomic E-state index is 0.00737. The van der Waals surface area contributed by atoms with Crippen molar-refractivity contribution in [1.82, 2.24) is 24.9 Å². The number of hydrogen-bond acceptors (Lipinski definition) is 5. The Morgan fingerprint density at radius 1 is 1.21 bits per heavy atom. The number of pyridine rings is 1. The highest BCUT2D eigenvalue weighted by molar-refractivity contribution is 5.88. The summed E-state index contributed by atoms with van der Waals surface area (Å²) in [4.78, 5) is 20.2. The van der Waals surface area contributed by atoms with E-state index in [1.807, 2.05) is 29.0 Å². The molecule has 1 amide bonds. The van der Waals surface area contributed by atoms with Crippen LogP contribution in [0.25, 0.3) is 27.5 Å². The Bertz CT molecular complexity index is 1220. The van der Waals surface area contributed by atoms with Crippen molar-refractivity contribution in [3.63, 3.8) is 0 Å². The minimum atomic E-state index is -0.140. The lowest BCUT2D eigenvalue weighted by Gasteiger charge is -2.45. The van der Waals surface area contributed by atoms with Crippen LogP contribution in [0.3, 0.4) is 0 Å². The molecular formula is C22H22N6O. The van der Waals surface area contributed by atoms with Crippen LogP contribution in [-0.2, 0) is 4.79 Å². The van der Waals surface area contributed by atoms with Crippen molar-refractivity contribution in [2.45, 2.75) is 38.3 Å². The van der Waals surface area contributed by atoms with E-state index < -0.39 is 0 Å². The molecule has 0 atom stereocenters. The van der Waals surface area contributed by atoms with E-state index in [1.54, 1.807) is 13.1 Å². The number of aromatic nitrogens is 4. The third-order valence-corrected chi connectivity index (χ3v) is 5.54. The molecule has 0 saturated heterocycles. The van der Waals surface area contributed by atoms with E-state index >= 15 is 0 Å². The molecule has 29 heavy (non-hydrogen) atoms. The second-order valence-electron chi connectivity index (χ2n) is 8.04. The van der Waals surface area contributed by atoms with Crippen LogP contribution >= 0.6 is 0 Å². The fraction of sp³-hybridized carbons (Fsp3) is 0.273. The van der Waals surface area contributed by atoms with Crippen molar-refractivity contribution < 1.29 is 4.79 Å². The first-order valence-electron chi connectivity index (χ1n) is 9.74. The summed E-state index contributed by atoms with van der Waals surface area (Å²) in [5.74, 6) is 0.602. The smallest absolute Gasteiger partial charge is 0.241 e. The summed E-state index contributed by atoms with van der Waals surface area (Å²) in [5.41, 5.74) is 4.00. The third-order valence-electron chi connectivity index (χ3n) is 5.54. The van der Waals surface area contributed by atoms with Gasteiger partial charge in [0.25, 0.3) is 0 Å². The standard InChI is InChI=1S/C22H22N6O/c1-14(29)26-22(2)11-17(12-22)25-21-24-13-20-18(7-9-28(20)27-21)15-5-6-19-16(10-15)4-3-8-23-19/h3-10,13,17H,11-12H2,1-2H3,(H,25,27)(H,26,29). The summed E-state index contributed by atoms with van der Waals surface area (Å²) < 4.78 is 1.85. The van der Waals surface area contributed by atoms with Crippen LogP contribution in [0.15, 0.2) is 55.0 Å². The summed E-state index contributed by atoms with van der Waals surface area (Å²) >= 11 is 0. The molecule has 146 valence electrons. The number of rotatable bonds is 4. The lowest BCUT2D eigenvalue weighted by molar-refractivity contribution is -0.121. The second kappa shape index (κ2) is 6.55. The summed E-state index contributed by atoms with van der Waals surface area (Å²) in [6.45, 7) is 3.62. The molecule has 0 bridgehead atoms. The summed E-state index contributed by atoms with van der Waals surface area (Å²) in [7, 11) is 0. The van der Waals surface area contributed by atoms with Gasteiger partial charge in [0, 0.05) is 41.8 Å². The molecule has 0 aliphatic heterocycles. The van der Waals surface area contributed by atoms with Crippen LogP contribution in [0.1, 0.15) is 26.7 Å². The fourth-order valence-electron chi connectivity index (χ4n) is 4.29. The molecule has 7 heteroatoms. The van der Waals surface area contributed by atoms with Gasteiger partial charge in [-0.25, -0.2) is 9.50 Å². The number of anilines is 1. The van der Waals surface area contributed by atoms with Gasteiger partial charge in [-0.2, -0.15) is 0 Å². The number of benzene rings is 1. The van der Waals surface area contributed by atoms with E-state index in [-0.39, 0.29) is 17.5 Å². The van der Waals surface area contributed by atoms with Crippen LogP contribution in [-0.4, -0.2) is 37.1 Å². The molecule has 4 aromatic rings. The molecule has 2 N–H and O–H groups in total. The Morgan fingerprint density at radius 3 is 2.90 bits per heavy atom. The average molecular weight is 386 g/mol. The third kappa shape index (κ3) is 3.29. The van der Waals surface area contributed by atoms with Crippen LogP contribution in [0.5, 0.6) is 0 Å². The van der Waals surface area contributed by atoms with Gasteiger partial charge in [0.1, 0.15) is 0 Å². The van der Waals surface area contributed by atoms with E-state index in [1.165, 1.54) is 0 Å². The maximum Gasteiger partial charge on any atom is 0.241 e. The van der Waals surface area contributed by atoms with Gasteiger partial charge in [-0.05, 0) is 49.6 Å². The topological polar surface area (TPSA) is 84.2 Å². The Hall–Kier alpha value is -3.48. The number of carbonyl (C=O) groups excluding carboxylic acids is 1. The number of carbonyl (C=O) groups is 1. The molecule has 1 aliphatic rings. The van der Waals surface area contributed by atoms with E-state index in [4.69, 9.17) is 0 Å². The SMILES string of the molecule is CC(=O)NC1(C)CC(Nc2ncc3c(-c4ccc5ncccc5c4)ccn3n2)C1. The normalized spacial score (nSPS) is 21.1. The van der Waals surface area contributed by atoms with Crippen LogP contribution in [0.4, 0.5) is 5.95 Å². The van der Waals surface area contributed by atoms with E-state index in [0.29, 0.717) is 5.95 Å². The zero-order valence-corrected chi connectivity index (χ0v) is 16.4. The van der Waals surface area contributed by atoms with Crippen molar-refractivity contribution in [2.75, 3.05) is 5.32 Å².